The van der Waals surface area contributed by atoms with Gasteiger partial charge in [0.25, 0.3) is 14.6 Å². The van der Waals surface area contributed by atoms with Gasteiger partial charge in [0.1, 0.15) is 0 Å². The van der Waals surface area contributed by atoms with Crippen molar-refractivity contribution < 1.29 is 38.4 Å². The van der Waals surface area contributed by atoms with Crippen LogP contribution < -0.4 is 5.32 Å². The van der Waals surface area contributed by atoms with Gasteiger partial charge >= 0.3 is 0 Å². The third kappa shape index (κ3) is 16.1. The van der Waals surface area contributed by atoms with Crippen LogP contribution in [0, 0.1) is 20.2 Å². The SMILES string of the molecule is O=C(Cc1ccc2[nH]c(-c3cc4cc(CC(=O)[C@@H]5CCCN5C(=O)Cc5ccccc5)ccc4[nH]3)cc2c1)[C@@H]1CCCN1C(=O)Cc1ccccc1.O=C1Cc2cc([N+](=O)[O-])ccc2N1.O=P(Br)(Br)Br.O=[N+]([O-])c1ccc2[nH]c(Br)cc2c1. The van der Waals surface area contributed by atoms with Gasteiger partial charge in [-0.15, -0.1) is 0 Å². The van der Waals surface area contributed by atoms with Crippen molar-refractivity contribution in [2.45, 2.75) is 69.9 Å². The number of rotatable bonds is 13. The third-order valence-electron chi connectivity index (χ3n) is 14.4. The Morgan fingerprint density at radius 1 is 0.542 bits per heavy atom. The second kappa shape index (κ2) is 26.9. The van der Waals surface area contributed by atoms with Crippen molar-refractivity contribution >= 4 is 145 Å². The number of halogens is 4. The van der Waals surface area contributed by atoms with Gasteiger partial charge in [-0.05, 0) is 124 Å². The molecule has 0 saturated carbocycles. The molecule has 0 bridgehead atoms. The summed E-state index contributed by atoms with van der Waals surface area (Å²) in [6.07, 6.45) is 4.52. The minimum Gasteiger partial charge on any atom is -0.353 e. The van der Waals surface area contributed by atoms with E-state index in [2.05, 4.69) is 107 Å². The molecule has 0 radical (unpaired) electrons. The first kappa shape index (κ1) is 60.2. The van der Waals surface area contributed by atoms with Crippen molar-refractivity contribution in [3.05, 3.63) is 204 Å². The average molecular weight is 1400 g/mol. The summed E-state index contributed by atoms with van der Waals surface area (Å²) in [5.41, 5.74) is 9.98. The molecule has 2 atom stereocenters. The zero-order valence-electron chi connectivity index (χ0n) is 44.2. The smallest absolute Gasteiger partial charge is 0.270 e. The maximum atomic E-state index is 13.5. The summed E-state index contributed by atoms with van der Waals surface area (Å²) in [5.74, 6) is 0.0693. The number of anilines is 1. The molecular formula is C60H53Br4N8O10P. The second-order valence-corrected chi connectivity index (χ2v) is 39.4. The van der Waals surface area contributed by atoms with Crippen molar-refractivity contribution in [1.29, 1.82) is 0 Å². The third-order valence-corrected chi connectivity index (χ3v) is 14.8. The van der Waals surface area contributed by atoms with Gasteiger partial charge in [-0.25, -0.2) is 0 Å². The molecule has 18 nitrogen and oxygen atoms in total. The van der Waals surface area contributed by atoms with E-state index in [0.717, 1.165) is 83.8 Å². The molecule has 3 aliphatic heterocycles. The highest BCUT2D eigenvalue weighted by Gasteiger charge is 2.35. The number of carbonyl (C=O) groups excluding carboxylic acids is 5. The molecule has 6 aromatic carbocycles. The highest BCUT2D eigenvalue weighted by molar-refractivity contribution is 9.94. The predicted octanol–water partition coefficient (Wildman–Crippen LogP) is 14.2. The van der Waals surface area contributed by atoms with E-state index in [1.807, 2.05) is 91.0 Å². The fourth-order valence-corrected chi connectivity index (χ4v) is 11.0. The first-order valence-corrected chi connectivity index (χ1v) is 34.9. The van der Waals surface area contributed by atoms with Crippen molar-refractivity contribution in [2.24, 2.45) is 0 Å². The number of hydrogen-bond acceptors (Lipinski definition) is 10. The number of aromatic nitrogens is 3. The summed E-state index contributed by atoms with van der Waals surface area (Å²) in [4.78, 5) is 97.6. The molecule has 0 unspecified atom stereocenters. The van der Waals surface area contributed by atoms with Crippen molar-refractivity contribution in [3.63, 3.8) is 0 Å². The number of nitro benzene ring substituents is 2. The Morgan fingerprint density at radius 3 is 1.46 bits per heavy atom. The molecule has 426 valence electrons. The maximum Gasteiger partial charge on any atom is 0.270 e. The zero-order valence-corrected chi connectivity index (χ0v) is 51.4. The van der Waals surface area contributed by atoms with Crippen LogP contribution in [0.15, 0.2) is 156 Å². The number of nitrogens with zero attached hydrogens (tertiary/aromatic N) is 4. The number of hydrogen-bond donors (Lipinski definition) is 4. The molecule has 3 amide bonds. The standard InChI is InChI=1S/C44H42N4O4.C8H5BrN2O2.C8H6N2O3.Br3OP/c49-41(39-13-7-19-47(39)43(51)25-29-9-3-1-4-10-29)23-31-15-17-35-33(21-31)27-37(45-35)38-28-34-22-32(16-18-36(34)46-38)24-42(50)40-14-8-20-48(40)44(52)26-30-11-5-2-6-12-30;9-8-4-5-3-6(11(12)13)1-2-7(5)10-8;11-8-4-5-3-6(10(12)13)1-2-7(5)9-8;1-5(2,3)4/h1-6,9-12,15-18,21-22,27-28,39-40,45-46H,7-8,13-14,19-20,23-26H2;1-4,10H;1-3H,4H2,(H,9,11);/t39-,40-;;;/m0.../s1. The number of H-pyrrole nitrogens is 3. The van der Waals surface area contributed by atoms with Gasteiger partial charge in [-0.2, -0.15) is 0 Å². The van der Waals surface area contributed by atoms with E-state index in [-0.39, 0.29) is 72.0 Å². The minimum atomic E-state index is -2.20. The lowest BCUT2D eigenvalue weighted by Gasteiger charge is -2.24. The van der Waals surface area contributed by atoms with Crippen LogP contribution in [0.4, 0.5) is 17.1 Å². The number of carbonyl (C=O) groups is 5. The number of non-ortho nitro benzene ring substituents is 2. The van der Waals surface area contributed by atoms with E-state index < -0.39 is 13.1 Å². The number of amides is 3. The molecule has 23 heteroatoms. The second-order valence-electron chi connectivity index (χ2n) is 20.2. The van der Waals surface area contributed by atoms with E-state index in [1.54, 1.807) is 21.9 Å². The summed E-state index contributed by atoms with van der Waals surface area (Å²) in [7, 11) is 0. The van der Waals surface area contributed by atoms with Gasteiger partial charge in [-0.1, -0.05) is 72.8 Å². The monoisotopic (exact) mass is 1390 g/mol. The zero-order chi connectivity index (χ0) is 59.0. The Morgan fingerprint density at radius 2 is 0.976 bits per heavy atom. The summed E-state index contributed by atoms with van der Waals surface area (Å²) in [5, 5.41) is 26.3. The molecule has 0 spiro atoms. The Hall–Kier alpha value is -7.36. The number of nitro groups is 2. The number of fused-ring (bicyclic) bond motifs is 4. The van der Waals surface area contributed by atoms with Crippen LogP contribution in [0.3, 0.4) is 0 Å². The molecule has 0 aliphatic carbocycles. The molecule has 2 fully saturated rings. The average Bonchev–Trinajstić information content (AvgIpc) is 3.43. The Bertz CT molecular complexity index is 3810. The maximum absolute atomic E-state index is 13.5. The van der Waals surface area contributed by atoms with Gasteiger partial charge in [0, 0.05) is 135 Å². The van der Waals surface area contributed by atoms with Gasteiger partial charge < -0.3 is 30.1 Å². The molecule has 9 aromatic rings. The number of aromatic amines is 3. The molecule has 4 N–H and O–H groups in total. The van der Waals surface area contributed by atoms with Crippen LogP contribution >= 0.6 is 65.6 Å². The van der Waals surface area contributed by atoms with Crippen LogP contribution in [0.1, 0.15) is 53.5 Å². The van der Waals surface area contributed by atoms with Crippen LogP contribution in [-0.2, 0) is 60.6 Å². The molecule has 6 heterocycles. The molecule has 3 aromatic heterocycles. The summed E-state index contributed by atoms with van der Waals surface area (Å²) >= 11 is 11.6. The predicted molar refractivity (Wildman–Crippen MR) is 335 cm³/mol. The fourth-order valence-electron chi connectivity index (χ4n) is 10.6. The van der Waals surface area contributed by atoms with Crippen LogP contribution in [0.2, 0.25) is 0 Å². The topological polar surface area (TPSA) is 255 Å². The normalized spacial score (nSPS) is 15.3. The molecule has 12 rings (SSSR count). The number of ketones is 2. The Balaban J connectivity index is 0.000000214. The summed E-state index contributed by atoms with van der Waals surface area (Å²) in [6, 6.07) is 45.8. The van der Waals surface area contributed by atoms with E-state index in [4.69, 9.17) is 0 Å². The van der Waals surface area contributed by atoms with E-state index in [0.29, 0.717) is 50.0 Å². The van der Waals surface area contributed by atoms with Crippen molar-refractivity contribution in [1.82, 2.24) is 24.8 Å². The Kier molecular flexibility index (Phi) is 19.5. The number of Topliss-reactive ketones (excluding diaryl/α,β-unsaturated/α-hetero) is 2. The largest absolute Gasteiger partial charge is 0.353 e. The number of likely N-dealkylation sites (tertiary alicyclic amines) is 2. The molecule has 3 aliphatic rings. The van der Waals surface area contributed by atoms with Gasteiger partial charge in [0.15, 0.2) is 11.6 Å². The quantitative estimate of drug-likeness (QED) is 0.0482. The summed E-state index contributed by atoms with van der Waals surface area (Å²) in [6.45, 7) is 1.25. The van der Waals surface area contributed by atoms with Crippen LogP contribution in [0.5, 0.6) is 0 Å². The van der Waals surface area contributed by atoms with E-state index >= 15 is 0 Å². The Labute approximate surface area is 508 Å². The highest BCUT2D eigenvalue weighted by Crippen LogP contribution is 2.68. The first-order valence-electron chi connectivity index (χ1n) is 26.4. The minimum absolute atomic E-state index is 0.0105. The lowest BCUT2D eigenvalue weighted by molar-refractivity contribution is -0.385. The molecule has 83 heavy (non-hydrogen) atoms. The van der Waals surface area contributed by atoms with Gasteiger partial charge in [0.05, 0.1) is 57.2 Å². The number of nitrogens with one attached hydrogen (secondary N) is 4. The van der Waals surface area contributed by atoms with Crippen LogP contribution in [-0.4, -0.2) is 89.1 Å². The molecular weight excluding hydrogens is 1340 g/mol. The van der Waals surface area contributed by atoms with Gasteiger partial charge in [-0.3, -0.25) is 48.8 Å². The summed E-state index contributed by atoms with van der Waals surface area (Å²) < 4.78 is 8.59. The molecule has 2 saturated heterocycles. The van der Waals surface area contributed by atoms with Crippen LogP contribution in [0.25, 0.3) is 44.1 Å². The highest BCUT2D eigenvalue weighted by atomic mass is 80.0. The van der Waals surface area contributed by atoms with Gasteiger partial charge in [0.2, 0.25) is 17.7 Å². The number of benzene rings is 6. The van der Waals surface area contributed by atoms with Crippen molar-refractivity contribution in [2.75, 3.05) is 18.4 Å². The van der Waals surface area contributed by atoms with E-state index in [1.165, 1.54) is 24.3 Å². The van der Waals surface area contributed by atoms with E-state index in [9.17, 15) is 48.8 Å². The lowest BCUT2D eigenvalue weighted by atomic mass is 10.0. The fraction of sp³-hybridized carbons (Fsp3) is 0.217. The lowest BCUT2D eigenvalue weighted by Crippen LogP contribution is -2.41. The first-order chi connectivity index (χ1) is 39.7. The van der Waals surface area contributed by atoms with Crippen molar-refractivity contribution in [3.8, 4) is 11.4 Å².